The van der Waals surface area contributed by atoms with Crippen molar-refractivity contribution in [3.8, 4) is 0 Å². The van der Waals surface area contributed by atoms with Crippen molar-refractivity contribution in [2.45, 2.75) is 43.4 Å². The molecule has 15 heteroatoms. The minimum absolute atomic E-state index is 0.0406. The zero-order chi connectivity index (χ0) is 29.5. The largest absolute Gasteiger partial charge is 0.481 e. The van der Waals surface area contributed by atoms with E-state index in [9.17, 15) is 31.9 Å². The molecule has 0 bridgehead atoms. The van der Waals surface area contributed by atoms with Gasteiger partial charge in [0.2, 0.25) is 10.0 Å². The second kappa shape index (κ2) is 11.7. The van der Waals surface area contributed by atoms with E-state index < -0.39 is 55.8 Å². The molecule has 3 aliphatic rings. The van der Waals surface area contributed by atoms with Gasteiger partial charge in [-0.2, -0.15) is 0 Å². The Hall–Kier alpha value is -2.94. The highest BCUT2D eigenvalue weighted by molar-refractivity contribution is 7.89. The number of amidine groups is 1. The SMILES string of the molecule is COC(=O)C1=C([C@H]2CC[C@H](S(=O)(=O)N3CC[C@@H](C(=O)O)C3)CC2)NC(c2nccs2)=NC1c1ccc(F)c(F)c1Cl. The van der Waals surface area contributed by atoms with Gasteiger partial charge in [-0.25, -0.2) is 31.3 Å². The Labute approximate surface area is 244 Å². The fraction of sp³-hybridized carbons (Fsp3) is 0.462. The number of hydrogen-bond donors (Lipinski definition) is 2. The first-order valence-electron chi connectivity index (χ1n) is 12.9. The molecule has 1 aromatic carbocycles. The van der Waals surface area contributed by atoms with Crippen molar-refractivity contribution in [3.05, 3.63) is 62.2 Å². The number of aromatic nitrogens is 1. The number of aliphatic carboxylic acids is 1. The summed E-state index contributed by atoms with van der Waals surface area (Å²) in [6.07, 6.45) is 3.17. The predicted octanol–water partition coefficient (Wildman–Crippen LogP) is 3.89. The number of sulfonamides is 1. The van der Waals surface area contributed by atoms with Crippen molar-refractivity contribution in [2.24, 2.45) is 16.8 Å². The number of aliphatic imine (C=N–C) groups is 1. The average Bonchev–Trinajstić information content (AvgIpc) is 3.69. The standard InChI is InChI=1S/C26H27ClF2N4O6S2/c1-39-26(36)18-21(13-2-4-15(5-3-13)41(37,38)33-10-8-14(12-33)25(34)35)31-23(24-30-9-11-40-24)32-22(18)16-6-7-17(28)20(29)19(16)27/h6-7,9,11,13-15,22H,2-5,8,10,12H2,1H3,(H,31,32)(H,34,35)/t13-,14-,15-,22?/m1/s1. The summed E-state index contributed by atoms with van der Waals surface area (Å²) in [5, 5.41) is 13.5. The van der Waals surface area contributed by atoms with E-state index in [0.29, 0.717) is 29.4 Å². The lowest BCUT2D eigenvalue weighted by molar-refractivity contribution is -0.141. The van der Waals surface area contributed by atoms with Crippen LogP contribution in [0.3, 0.4) is 0 Å². The molecule has 2 aromatic rings. The fourth-order valence-electron chi connectivity index (χ4n) is 5.67. The second-order valence-electron chi connectivity index (χ2n) is 10.1. The molecule has 2 atom stereocenters. The van der Waals surface area contributed by atoms with Gasteiger partial charge in [-0.05, 0) is 44.1 Å². The Kier molecular flexibility index (Phi) is 8.46. The Morgan fingerprint density at radius 1 is 1.20 bits per heavy atom. The van der Waals surface area contributed by atoms with Crippen LogP contribution in [-0.4, -0.2) is 66.0 Å². The summed E-state index contributed by atoms with van der Waals surface area (Å²) in [4.78, 5) is 33.4. The number of carbonyl (C=O) groups is 2. The summed E-state index contributed by atoms with van der Waals surface area (Å²) in [6, 6.07) is 1.04. The van der Waals surface area contributed by atoms with Crippen LogP contribution >= 0.6 is 22.9 Å². The number of benzene rings is 1. The average molecular weight is 629 g/mol. The van der Waals surface area contributed by atoms with Crippen LogP contribution in [-0.2, 0) is 24.3 Å². The van der Waals surface area contributed by atoms with Crippen molar-refractivity contribution in [2.75, 3.05) is 20.2 Å². The lowest BCUT2D eigenvalue weighted by atomic mass is 9.82. The minimum atomic E-state index is -3.72. The van der Waals surface area contributed by atoms with Gasteiger partial charge in [0.05, 0.1) is 28.9 Å². The lowest BCUT2D eigenvalue weighted by Gasteiger charge is -2.35. The van der Waals surface area contributed by atoms with Crippen molar-refractivity contribution in [3.63, 3.8) is 0 Å². The Morgan fingerprint density at radius 2 is 1.93 bits per heavy atom. The fourth-order valence-corrected chi connectivity index (χ4v) is 8.55. The van der Waals surface area contributed by atoms with Crippen LogP contribution in [0.25, 0.3) is 0 Å². The highest BCUT2D eigenvalue weighted by Gasteiger charge is 2.43. The Bertz CT molecular complexity index is 1520. The molecule has 2 fully saturated rings. The number of ether oxygens (including phenoxy) is 1. The Morgan fingerprint density at radius 3 is 2.54 bits per heavy atom. The number of rotatable bonds is 7. The van der Waals surface area contributed by atoms with Crippen molar-refractivity contribution in [1.82, 2.24) is 14.6 Å². The number of esters is 1. The van der Waals surface area contributed by atoms with Gasteiger partial charge in [0.1, 0.15) is 6.04 Å². The van der Waals surface area contributed by atoms with E-state index >= 15 is 0 Å². The predicted molar refractivity (Wildman–Crippen MR) is 147 cm³/mol. The molecule has 41 heavy (non-hydrogen) atoms. The molecule has 1 aliphatic carbocycles. The van der Waals surface area contributed by atoms with Gasteiger partial charge in [0.25, 0.3) is 0 Å². The van der Waals surface area contributed by atoms with E-state index in [1.165, 1.54) is 28.8 Å². The molecular formula is C26H27ClF2N4O6S2. The molecule has 0 radical (unpaired) electrons. The number of nitrogens with one attached hydrogen (secondary N) is 1. The molecule has 1 unspecified atom stereocenters. The van der Waals surface area contributed by atoms with Crippen LogP contribution in [0.15, 0.2) is 40.0 Å². The maximum Gasteiger partial charge on any atom is 0.338 e. The number of hydrogen-bond acceptors (Lipinski definition) is 9. The Balaban J connectivity index is 1.48. The van der Waals surface area contributed by atoms with E-state index in [1.807, 2.05) is 0 Å². The zero-order valence-corrected chi connectivity index (χ0v) is 24.2. The third-order valence-electron chi connectivity index (χ3n) is 7.84. The van der Waals surface area contributed by atoms with E-state index in [4.69, 9.17) is 16.3 Å². The first-order chi connectivity index (χ1) is 19.5. The summed E-state index contributed by atoms with van der Waals surface area (Å²) in [5.41, 5.74) is 0.569. The number of allylic oxidation sites excluding steroid dienone is 1. The molecule has 5 rings (SSSR count). The molecule has 1 saturated heterocycles. The third kappa shape index (κ3) is 5.62. The van der Waals surface area contributed by atoms with Gasteiger partial charge in [0, 0.05) is 35.9 Å². The number of nitrogens with zero attached hydrogens (tertiary/aromatic N) is 3. The lowest BCUT2D eigenvalue weighted by Crippen LogP contribution is -2.42. The van der Waals surface area contributed by atoms with Gasteiger partial charge in [-0.3, -0.25) is 9.79 Å². The normalized spacial score (nSPS) is 25.5. The summed E-state index contributed by atoms with van der Waals surface area (Å²) in [6.45, 7) is 0.129. The van der Waals surface area contributed by atoms with Gasteiger partial charge in [-0.15, -0.1) is 11.3 Å². The van der Waals surface area contributed by atoms with Gasteiger partial charge < -0.3 is 15.2 Å². The summed E-state index contributed by atoms with van der Waals surface area (Å²) >= 11 is 7.50. The van der Waals surface area contributed by atoms with Crippen LogP contribution in [0.5, 0.6) is 0 Å². The number of carbonyl (C=O) groups excluding carboxylic acids is 1. The molecule has 2 aliphatic heterocycles. The maximum atomic E-state index is 14.5. The minimum Gasteiger partial charge on any atom is -0.481 e. The number of thiazole rings is 1. The van der Waals surface area contributed by atoms with Crippen LogP contribution < -0.4 is 5.32 Å². The van der Waals surface area contributed by atoms with Crippen LogP contribution in [0.4, 0.5) is 8.78 Å². The molecular weight excluding hydrogens is 602 g/mol. The van der Waals surface area contributed by atoms with Crippen molar-refractivity contribution in [1.29, 1.82) is 0 Å². The summed E-state index contributed by atoms with van der Waals surface area (Å²) < 4.78 is 61.4. The molecule has 2 N–H and O–H groups in total. The van der Waals surface area contributed by atoms with E-state index in [1.54, 1.807) is 11.6 Å². The number of carboxylic acid groups (broad SMARTS) is 1. The molecule has 1 aromatic heterocycles. The molecule has 0 spiro atoms. The molecule has 3 heterocycles. The number of halogens is 3. The second-order valence-corrected chi connectivity index (χ2v) is 13.6. The topological polar surface area (TPSA) is 138 Å². The zero-order valence-electron chi connectivity index (χ0n) is 21.8. The molecule has 0 amide bonds. The summed E-state index contributed by atoms with van der Waals surface area (Å²) in [5.74, 6) is -4.90. The van der Waals surface area contributed by atoms with E-state index in [0.717, 1.165) is 6.07 Å². The van der Waals surface area contributed by atoms with Gasteiger partial charge in [0.15, 0.2) is 22.5 Å². The van der Waals surface area contributed by atoms with E-state index in [-0.39, 0.29) is 49.4 Å². The molecule has 220 valence electrons. The third-order valence-corrected chi connectivity index (χ3v) is 11.4. The van der Waals surface area contributed by atoms with Crippen molar-refractivity contribution < 1.29 is 36.6 Å². The highest BCUT2D eigenvalue weighted by atomic mass is 35.5. The quantitative estimate of drug-likeness (QED) is 0.348. The summed E-state index contributed by atoms with van der Waals surface area (Å²) in [7, 11) is -2.52. The van der Waals surface area contributed by atoms with Gasteiger partial charge >= 0.3 is 11.9 Å². The highest BCUT2D eigenvalue weighted by Crippen LogP contribution is 2.43. The number of methoxy groups -OCH3 is 1. The van der Waals surface area contributed by atoms with Crippen LogP contribution in [0, 0.1) is 23.5 Å². The van der Waals surface area contributed by atoms with Crippen LogP contribution in [0.1, 0.15) is 48.7 Å². The molecule has 1 saturated carbocycles. The number of carboxylic acids is 1. The van der Waals surface area contributed by atoms with Crippen LogP contribution in [0.2, 0.25) is 5.02 Å². The monoisotopic (exact) mass is 628 g/mol. The van der Waals surface area contributed by atoms with Gasteiger partial charge in [-0.1, -0.05) is 17.7 Å². The van der Waals surface area contributed by atoms with E-state index in [2.05, 4.69) is 15.3 Å². The first kappa shape index (κ1) is 29.5. The first-order valence-corrected chi connectivity index (χ1v) is 15.7. The van der Waals surface area contributed by atoms with Crippen molar-refractivity contribution >= 4 is 50.7 Å². The maximum absolute atomic E-state index is 14.5. The smallest absolute Gasteiger partial charge is 0.338 e. The molecule has 10 nitrogen and oxygen atoms in total.